The summed E-state index contributed by atoms with van der Waals surface area (Å²) in [6.07, 6.45) is 0.450. The van der Waals surface area contributed by atoms with Gasteiger partial charge in [0.15, 0.2) is 4.67 Å². The van der Waals surface area contributed by atoms with Crippen LogP contribution in [0.2, 0.25) is 0 Å². The van der Waals surface area contributed by atoms with E-state index in [9.17, 15) is 8.78 Å². The Morgan fingerprint density at radius 3 is 2.39 bits per heavy atom. The quantitative estimate of drug-likeness (QED) is 0.927. The van der Waals surface area contributed by atoms with E-state index in [2.05, 4.69) is 21.2 Å². The van der Waals surface area contributed by atoms with E-state index in [1.807, 2.05) is 6.07 Å². The number of benzene rings is 1. The molecule has 2 rings (SSSR count). The molecule has 0 spiro atoms. The normalized spacial score (nSPS) is 12.7. The van der Waals surface area contributed by atoms with Gasteiger partial charge in [0, 0.05) is 6.07 Å². The fraction of sp³-hybridized carbons (Fsp3) is 0.231. The van der Waals surface area contributed by atoms with E-state index in [1.54, 1.807) is 13.1 Å². The van der Waals surface area contributed by atoms with Crippen LogP contribution in [0.15, 0.2) is 39.4 Å². The second-order valence-corrected chi connectivity index (χ2v) is 4.75. The molecule has 0 saturated carbocycles. The minimum atomic E-state index is -0.569. The first-order chi connectivity index (χ1) is 8.58. The second-order valence-electron chi connectivity index (χ2n) is 3.96. The third kappa shape index (κ3) is 3.17. The molecule has 1 atom stereocenters. The highest BCUT2D eigenvalue weighted by molar-refractivity contribution is 9.10. The molecular formula is C13H12BrF2NO. The highest BCUT2D eigenvalue weighted by atomic mass is 79.9. The molecule has 1 heterocycles. The molecule has 5 heteroatoms. The monoisotopic (exact) mass is 315 g/mol. The molecule has 0 aliphatic carbocycles. The molecule has 0 saturated heterocycles. The molecule has 0 fully saturated rings. The van der Waals surface area contributed by atoms with Gasteiger partial charge in [-0.2, -0.15) is 0 Å². The van der Waals surface area contributed by atoms with Crippen LogP contribution in [0.4, 0.5) is 8.78 Å². The van der Waals surface area contributed by atoms with Crippen LogP contribution in [0.1, 0.15) is 17.4 Å². The van der Waals surface area contributed by atoms with E-state index in [0.717, 1.165) is 6.07 Å². The molecule has 96 valence electrons. The Bertz CT molecular complexity index is 521. The van der Waals surface area contributed by atoms with Crippen LogP contribution >= 0.6 is 15.9 Å². The molecule has 0 aliphatic heterocycles. The van der Waals surface area contributed by atoms with Gasteiger partial charge in [0.25, 0.3) is 0 Å². The van der Waals surface area contributed by atoms with Crippen molar-refractivity contribution in [3.05, 3.63) is 58.0 Å². The molecule has 0 amide bonds. The minimum absolute atomic E-state index is 0.127. The second kappa shape index (κ2) is 5.63. The van der Waals surface area contributed by atoms with Crippen molar-refractivity contribution in [2.45, 2.75) is 12.5 Å². The summed E-state index contributed by atoms with van der Waals surface area (Å²) in [5.74, 6) is -0.421. The molecule has 1 aromatic heterocycles. The standard InChI is InChI=1S/C13H12BrF2NO/c1-17-11(12-2-3-13(14)18-12)6-8-4-9(15)7-10(16)5-8/h2-5,7,11,17H,6H2,1H3. The summed E-state index contributed by atoms with van der Waals surface area (Å²) in [6.45, 7) is 0. The lowest BCUT2D eigenvalue weighted by Crippen LogP contribution is -2.18. The highest BCUT2D eigenvalue weighted by Crippen LogP contribution is 2.23. The van der Waals surface area contributed by atoms with Crippen molar-refractivity contribution in [2.24, 2.45) is 0 Å². The lowest BCUT2D eigenvalue weighted by atomic mass is 10.0. The predicted octanol–water partition coefficient (Wildman–Crippen LogP) is 3.82. The fourth-order valence-corrected chi connectivity index (χ4v) is 2.14. The molecular weight excluding hydrogens is 304 g/mol. The number of furan rings is 1. The summed E-state index contributed by atoms with van der Waals surface area (Å²) in [5, 5.41) is 3.06. The largest absolute Gasteiger partial charge is 0.453 e. The molecule has 0 aliphatic rings. The van der Waals surface area contributed by atoms with Gasteiger partial charge < -0.3 is 9.73 Å². The summed E-state index contributed by atoms with van der Waals surface area (Å²) >= 11 is 3.22. The zero-order valence-corrected chi connectivity index (χ0v) is 11.3. The van der Waals surface area contributed by atoms with Crippen molar-refractivity contribution in [3.63, 3.8) is 0 Å². The van der Waals surface area contributed by atoms with Gasteiger partial charge in [0.1, 0.15) is 17.4 Å². The SMILES string of the molecule is CNC(Cc1cc(F)cc(F)c1)c1ccc(Br)o1. The van der Waals surface area contributed by atoms with Crippen molar-refractivity contribution in [1.29, 1.82) is 0 Å². The Morgan fingerprint density at radius 2 is 1.89 bits per heavy atom. The molecule has 2 nitrogen and oxygen atoms in total. The third-order valence-electron chi connectivity index (χ3n) is 2.65. The number of hydrogen-bond donors (Lipinski definition) is 1. The van der Waals surface area contributed by atoms with E-state index >= 15 is 0 Å². The van der Waals surface area contributed by atoms with Gasteiger partial charge in [-0.15, -0.1) is 0 Å². The first kappa shape index (κ1) is 13.2. The maximum atomic E-state index is 13.1. The van der Waals surface area contributed by atoms with Gasteiger partial charge >= 0.3 is 0 Å². The summed E-state index contributed by atoms with van der Waals surface area (Å²) in [4.78, 5) is 0. The maximum absolute atomic E-state index is 13.1. The van der Waals surface area contributed by atoms with Gasteiger partial charge in [0.05, 0.1) is 6.04 Å². The first-order valence-corrected chi connectivity index (χ1v) is 6.25. The number of likely N-dealkylation sites (N-methyl/N-ethyl adjacent to an activating group) is 1. The molecule has 18 heavy (non-hydrogen) atoms. The van der Waals surface area contributed by atoms with Crippen molar-refractivity contribution < 1.29 is 13.2 Å². The smallest absolute Gasteiger partial charge is 0.169 e. The minimum Gasteiger partial charge on any atom is -0.453 e. The van der Waals surface area contributed by atoms with E-state index in [0.29, 0.717) is 22.4 Å². The molecule has 1 unspecified atom stereocenters. The van der Waals surface area contributed by atoms with Crippen LogP contribution < -0.4 is 5.32 Å². The number of halogens is 3. The zero-order chi connectivity index (χ0) is 13.1. The zero-order valence-electron chi connectivity index (χ0n) is 9.71. The van der Waals surface area contributed by atoms with Crippen molar-refractivity contribution >= 4 is 15.9 Å². The Kier molecular flexibility index (Phi) is 4.14. The van der Waals surface area contributed by atoms with E-state index in [1.165, 1.54) is 12.1 Å². The molecule has 1 N–H and O–H groups in total. The summed E-state index contributed by atoms with van der Waals surface area (Å²) in [6, 6.07) is 6.99. The topological polar surface area (TPSA) is 25.2 Å². The van der Waals surface area contributed by atoms with Crippen LogP contribution in [-0.4, -0.2) is 7.05 Å². The van der Waals surface area contributed by atoms with Gasteiger partial charge in [0.2, 0.25) is 0 Å². The Balaban J connectivity index is 2.20. The summed E-state index contributed by atoms with van der Waals surface area (Å²) < 4.78 is 32.3. The third-order valence-corrected chi connectivity index (χ3v) is 3.07. The Hall–Kier alpha value is -1.20. The summed E-state index contributed by atoms with van der Waals surface area (Å²) in [7, 11) is 1.77. The van der Waals surface area contributed by atoms with Crippen LogP contribution in [0, 0.1) is 11.6 Å². The first-order valence-electron chi connectivity index (χ1n) is 5.46. The van der Waals surface area contributed by atoms with Crippen LogP contribution in [-0.2, 0) is 6.42 Å². The van der Waals surface area contributed by atoms with E-state index < -0.39 is 11.6 Å². The Labute approximate surface area is 112 Å². The average Bonchev–Trinajstić information content (AvgIpc) is 2.71. The van der Waals surface area contributed by atoms with Crippen molar-refractivity contribution in [1.82, 2.24) is 5.32 Å². The van der Waals surface area contributed by atoms with Gasteiger partial charge in [-0.25, -0.2) is 8.78 Å². The lowest BCUT2D eigenvalue weighted by Gasteiger charge is -2.13. The molecule has 0 bridgehead atoms. The van der Waals surface area contributed by atoms with Crippen LogP contribution in [0.5, 0.6) is 0 Å². The van der Waals surface area contributed by atoms with Crippen LogP contribution in [0.3, 0.4) is 0 Å². The highest BCUT2D eigenvalue weighted by Gasteiger charge is 2.15. The molecule has 1 aromatic carbocycles. The number of nitrogens with one attached hydrogen (secondary N) is 1. The molecule has 2 aromatic rings. The predicted molar refractivity (Wildman–Crippen MR) is 68.3 cm³/mol. The van der Waals surface area contributed by atoms with E-state index in [-0.39, 0.29) is 6.04 Å². The van der Waals surface area contributed by atoms with Gasteiger partial charge in [-0.05, 0) is 59.2 Å². The number of hydrogen-bond acceptors (Lipinski definition) is 2. The molecule has 0 radical (unpaired) electrons. The summed E-state index contributed by atoms with van der Waals surface area (Å²) in [5.41, 5.74) is 0.583. The van der Waals surface area contributed by atoms with Crippen molar-refractivity contribution in [3.8, 4) is 0 Å². The number of rotatable bonds is 4. The average molecular weight is 316 g/mol. The van der Waals surface area contributed by atoms with Crippen molar-refractivity contribution in [2.75, 3.05) is 7.05 Å². The van der Waals surface area contributed by atoms with Gasteiger partial charge in [-0.1, -0.05) is 0 Å². The van der Waals surface area contributed by atoms with E-state index in [4.69, 9.17) is 4.42 Å². The van der Waals surface area contributed by atoms with Gasteiger partial charge in [-0.3, -0.25) is 0 Å². The lowest BCUT2D eigenvalue weighted by molar-refractivity contribution is 0.416. The fourth-order valence-electron chi connectivity index (χ4n) is 1.82. The Morgan fingerprint density at radius 1 is 1.22 bits per heavy atom. The van der Waals surface area contributed by atoms with Crippen LogP contribution in [0.25, 0.3) is 0 Å². The maximum Gasteiger partial charge on any atom is 0.169 e.